The van der Waals surface area contributed by atoms with Gasteiger partial charge in [0.2, 0.25) is 0 Å². The maximum Gasteiger partial charge on any atom is 3.00 e. The Hall–Kier alpha value is -4.54. The fourth-order valence-electron chi connectivity index (χ4n) is 4.10. The molecule has 0 amide bonds. The van der Waals surface area contributed by atoms with Crippen LogP contribution in [0.1, 0.15) is 10.4 Å². The van der Waals surface area contributed by atoms with Crippen molar-refractivity contribution < 1.29 is 20.1 Å². The second kappa shape index (κ2) is 16.9. The van der Waals surface area contributed by atoms with Gasteiger partial charge in [-0.2, -0.15) is 0 Å². The Bertz CT molecular complexity index is 1640. The number of nitrogens with zero attached hydrogens (tertiary/aromatic N) is 3. The third-order valence-electron chi connectivity index (χ3n) is 6.33. The number of rotatable bonds is 4. The number of hydrogen-bond acceptors (Lipinski definition) is 4. The van der Waals surface area contributed by atoms with Gasteiger partial charge in [0.15, 0.2) is 0 Å². The average molecular weight is 765 g/mol. The summed E-state index contributed by atoms with van der Waals surface area (Å²) in [6.07, 6.45) is 5.51. The molecule has 0 radical (unpaired) electrons. The molecule has 7 aromatic rings. The molecule has 0 bridgehead atoms. The first kappa shape index (κ1) is 32.4. The molecule has 0 unspecified atom stereocenters. The van der Waals surface area contributed by atoms with Crippen molar-refractivity contribution in [1.29, 1.82) is 0 Å². The number of aromatic nitrogens is 3. The molecule has 0 aliphatic carbocycles. The molecule has 3 aromatic carbocycles. The van der Waals surface area contributed by atoms with Crippen molar-refractivity contribution in [3.63, 3.8) is 0 Å². The van der Waals surface area contributed by atoms with E-state index < -0.39 is 0 Å². The molecule has 216 valence electrons. The van der Waals surface area contributed by atoms with Crippen molar-refractivity contribution in [2.24, 2.45) is 0 Å². The number of aryl methyl sites for hydroxylation is 2. The van der Waals surface area contributed by atoms with E-state index >= 15 is 0 Å². The van der Waals surface area contributed by atoms with Crippen LogP contribution in [0, 0.1) is 32.0 Å². The summed E-state index contributed by atoms with van der Waals surface area (Å²) in [7, 11) is 0. The van der Waals surface area contributed by atoms with E-state index in [-0.39, 0.29) is 20.1 Å². The Kier molecular flexibility index (Phi) is 12.5. The summed E-state index contributed by atoms with van der Waals surface area (Å²) in [5, 5.41) is 0. The summed E-state index contributed by atoms with van der Waals surface area (Å²) in [5.41, 5.74) is 8.42. The monoisotopic (exact) mass is 765 g/mol. The van der Waals surface area contributed by atoms with Gasteiger partial charge < -0.3 is 15.0 Å². The zero-order valence-corrected chi connectivity index (χ0v) is 27.7. The van der Waals surface area contributed by atoms with Crippen molar-refractivity contribution in [3.8, 4) is 44.2 Å². The van der Waals surface area contributed by atoms with Gasteiger partial charge in [-0.15, -0.1) is 119 Å². The van der Waals surface area contributed by atoms with E-state index in [2.05, 4.69) is 83.4 Å². The molecule has 0 fully saturated rings. The van der Waals surface area contributed by atoms with Crippen molar-refractivity contribution >= 4 is 11.3 Å². The minimum absolute atomic E-state index is 0. The number of pyridine rings is 3. The first-order valence-electron chi connectivity index (χ1n) is 13.9. The molecule has 3 nitrogen and oxygen atoms in total. The summed E-state index contributed by atoms with van der Waals surface area (Å²) < 4.78 is 0. The quantitative estimate of drug-likeness (QED) is 0.168. The molecule has 0 aliphatic heterocycles. The maximum atomic E-state index is 4.54. The van der Waals surface area contributed by atoms with Crippen LogP contribution < -0.4 is 0 Å². The summed E-state index contributed by atoms with van der Waals surface area (Å²) in [4.78, 5) is 15.6. The van der Waals surface area contributed by atoms with Gasteiger partial charge in [-0.05, 0) is 48.3 Å². The molecule has 0 N–H and O–H groups in total. The van der Waals surface area contributed by atoms with Crippen LogP contribution in [0.5, 0.6) is 0 Å². The topological polar surface area (TPSA) is 38.7 Å². The average Bonchev–Trinajstić information content (AvgIpc) is 3.53. The van der Waals surface area contributed by atoms with Crippen molar-refractivity contribution in [1.82, 2.24) is 15.0 Å². The van der Waals surface area contributed by atoms with Crippen LogP contribution in [0.25, 0.3) is 44.2 Å². The maximum absolute atomic E-state index is 4.54. The molecule has 0 saturated heterocycles. The van der Waals surface area contributed by atoms with Crippen molar-refractivity contribution in [2.45, 2.75) is 13.8 Å². The Morgan fingerprint density at radius 2 is 1.11 bits per heavy atom. The molecule has 4 heterocycles. The zero-order valence-electron chi connectivity index (χ0n) is 24.4. The first-order chi connectivity index (χ1) is 21.2. The van der Waals surface area contributed by atoms with Crippen LogP contribution in [-0.4, -0.2) is 15.0 Å². The molecular formula is C39H30IrN3S. The van der Waals surface area contributed by atoms with E-state index in [1.165, 1.54) is 20.9 Å². The molecule has 5 heteroatoms. The molecule has 0 spiro atoms. The third-order valence-corrected chi connectivity index (χ3v) is 7.38. The minimum Gasteiger partial charge on any atom is -0.305 e. The largest absolute Gasteiger partial charge is 3.00 e. The first-order valence-corrected chi connectivity index (χ1v) is 14.8. The summed E-state index contributed by atoms with van der Waals surface area (Å²) in [5.74, 6) is 0. The van der Waals surface area contributed by atoms with E-state index in [1.54, 1.807) is 23.7 Å². The molecule has 0 saturated carbocycles. The van der Waals surface area contributed by atoms with Crippen LogP contribution in [0.15, 0.2) is 146 Å². The van der Waals surface area contributed by atoms with Gasteiger partial charge >= 0.3 is 20.1 Å². The number of benzene rings is 3. The third kappa shape index (κ3) is 9.48. The number of thiophene rings is 1. The van der Waals surface area contributed by atoms with Crippen LogP contribution in [0.2, 0.25) is 0 Å². The Balaban J connectivity index is 0.000000155. The van der Waals surface area contributed by atoms with Crippen molar-refractivity contribution in [3.05, 3.63) is 175 Å². The zero-order chi connectivity index (χ0) is 29.7. The second-order valence-corrected chi connectivity index (χ2v) is 10.9. The van der Waals surface area contributed by atoms with Gasteiger partial charge in [0, 0.05) is 33.9 Å². The standard InChI is InChI=1S/C17H14NS.2C11H8N.Ir/c1-12-3-6-14(7-4-12)16-9-8-15(11-18-16)17-10-5-13(2)19-17;2*1-2-6-10(7-3-1)11-8-4-5-9-12-11;/h3-6,8-11H,1-2H3;2*1-6,8-9H;/q3*-1;+3. The van der Waals surface area contributed by atoms with E-state index in [0.717, 1.165) is 33.8 Å². The van der Waals surface area contributed by atoms with E-state index in [9.17, 15) is 0 Å². The predicted molar refractivity (Wildman–Crippen MR) is 178 cm³/mol. The Morgan fingerprint density at radius 1 is 0.523 bits per heavy atom. The Labute approximate surface area is 277 Å². The normalized spacial score (nSPS) is 9.86. The van der Waals surface area contributed by atoms with Crippen LogP contribution in [0.4, 0.5) is 0 Å². The van der Waals surface area contributed by atoms with Crippen LogP contribution in [-0.2, 0) is 20.1 Å². The SMILES string of the molecule is Cc1c[c-]c(-c2ccc(-c3ccc(C)s3)cn2)cc1.[Ir+3].[c-]1ccccc1-c1ccccn1.[c-]1ccccc1-c1ccccn1. The van der Waals surface area contributed by atoms with Crippen LogP contribution >= 0.6 is 11.3 Å². The Morgan fingerprint density at radius 3 is 1.55 bits per heavy atom. The fourth-order valence-corrected chi connectivity index (χ4v) is 4.96. The van der Waals surface area contributed by atoms with Crippen molar-refractivity contribution in [2.75, 3.05) is 0 Å². The molecule has 0 aliphatic rings. The van der Waals surface area contributed by atoms with Gasteiger partial charge in [0.1, 0.15) is 0 Å². The van der Waals surface area contributed by atoms with Gasteiger partial charge in [-0.25, -0.2) is 0 Å². The minimum atomic E-state index is 0. The van der Waals surface area contributed by atoms with E-state index in [0.29, 0.717) is 0 Å². The van der Waals surface area contributed by atoms with Crippen LogP contribution in [0.3, 0.4) is 0 Å². The second-order valence-electron chi connectivity index (χ2n) is 9.60. The summed E-state index contributed by atoms with van der Waals surface area (Å²) in [6, 6.07) is 51.5. The van der Waals surface area contributed by atoms with Gasteiger partial charge in [0.05, 0.1) is 0 Å². The fraction of sp³-hybridized carbons (Fsp3) is 0.0513. The van der Waals surface area contributed by atoms with Gasteiger partial charge in [-0.1, -0.05) is 43.3 Å². The molecule has 4 aromatic heterocycles. The summed E-state index contributed by atoms with van der Waals surface area (Å²) in [6.45, 7) is 4.19. The van der Waals surface area contributed by atoms with Gasteiger partial charge in [-0.3, -0.25) is 0 Å². The summed E-state index contributed by atoms with van der Waals surface area (Å²) >= 11 is 1.80. The van der Waals surface area contributed by atoms with E-state index in [1.807, 2.05) is 97.2 Å². The van der Waals surface area contributed by atoms with Gasteiger partial charge in [0.25, 0.3) is 0 Å². The molecule has 0 atom stereocenters. The van der Waals surface area contributed by atoms with E-state index in [4.69, 9.17) is 0 Å². The predicted octanol–water partition coefficient (Wildman–Crippen LogP) is 9.99. The molecule has 7 rings (SSSR count). The molecular weight excluding hydrogens is 735 g/mol. The molecule has 44 heavy (non-hydrogen) atoms. The number of hydrogen-bond donors (Lipinski definition) is 0. The smallest absolute Gasteiger partial charge is 0.305 e.